The van der Waals surface area contributed by atoms with Crippen LogP contribution in [0.4, 0.5) is 5.69 Å². The highest BCUT2D eigenvalue weighted by atomic mass is 79.9. The van der Waals surface area contributed by atoms with Gasteiger partial charge in [-0.25, -0.2) is 8.42 Å². The molecule has 0 unspecified atom stereocenters. The molecule has 0 bridgehead atoms. The Bertz CT molecular complexity index is 1340. The van der Waals surface area contributed by atoms with Gasteiger partial charge in [0.1, 0.15) is 12.6 Å². The van der Waals surface area contributed by atoms with E-state index in [0.717, 1.165) is 22.7 Å². The lowest BCUT2D eigenvalue weighted by atomic mass is 10.1. The average molecular weight is 621 g/mol. The molecule has 7 nitrogen and oxygen atoms in total. The number of anilines is 1. The molecule has 0 aliphatic carbocycles. The van der Waals surface area contributed by atoms with Gasteiger partial charge in [0, 0.05) is 22.6 Å². The first kappa shape index (κ1) is 29.7. The van der Waals surface area contributed by atoms with E-state index in [9.17, 15) is 18.0 Å². The summed E-state index contributed by atoms with van der Waals surface area (Å²) < 4.78 is 29.2. The number of rotatable bonds is 12. The van der Waals surface area contributed by atoms with Crippen LogP contribution >= 0.6 is 27.5 Å². The number of unbranched alkanes of at least 4 members (excludes halogenated alkanes) is 1. The summed E-state index contributed by atoms with van der Waals surface area (Å²) in [5.41, 5.74) is 1.08. The van der Waals surface area contributed by atoms with Crippen molar-refractivity contribution < 1.29 is 18.0 Å². The third kappa shape index (κ3) is 7.82. The minimum absolute atomic E-state index is 0.0578. The van der Waals surface area contributed by atoms with Crippen molar-refractivity contribution in [3.63, 3.8) is 0 Å². The summed E-state index contributed by atoms with van der Waals surface area (Å²) in [6.07, 6.45) is 1.73. The number of hydrogen-bond acceptors (Lipinski definition) is 4. The SMILES string of the molecule is CCCCNC(=O)[C@H](C)N(Cc1ccc(Cl)cc1)C(=O)CN(c1cccc(Br)c1)S(=O)(=O)c1ccccc1. The van der Waals surface area contributed by atoms with Crippen molar-refractivity contribution in [3.05, 3.63) is 93.9 Å². The van der Waals surface area contributed by atoms with Gasteiger partial charge in [-0.3, -0.25) is 13.9 Å². The fourth-order valence-electron chi connectivity index (χ4n) is 3.78. The van der Waals surface area contributed by atoms with Crippen molar-refractivity contribution >= 4 is 55.1 Å². The van der Waals surface area contributed by atoms with Gasteiger partial charge in [-0.1, -0.05) is 77.3 Å². The molecular formula is C28H31BrClN3O4S. The summed E-state index contributed by atoms with van der Waals surface area (Å²) in [5, 5.41) is 3.42. The minimum atomic E-state index is -4.09. The number of halogens is 2. The van der Waals surface area contributed by atoms with Gasteiger partial charge in [0.25, 0.3) is 10.0 Å². The van der Waals surface area contributed by atoms with E-state index in [4.69, 9.17) is 11.6 Å². The molecule has 1 N–H and O–H groups in total. The predicted molar refractivity (Wildman–Crippen MR) is 154 cm³/mol. The van der Waals surface area contributed by atoms with Gasteiger partial charge >= 0.3 is 0 Å². The zero-order valence-corrected chi connectivity index (χ0v) is 24.5. The van der Waals surface area contributed by atoms with E-state index in [0.29, 0.717) is 21.7 Å². The third-order valence-electron chi connectivity index (χ3n) is 5.97. The van der Waals surface area contributed by atoms with Gasteiger partial charge in [0.2, 0.25) is 11.8 Å². The van der Waals surface area contributed by atoms with E-state index in [2.05, 4.69) is 21.2 Å². The van der Waals surface area contributed by atoms with Gasteiger partial charge in [-0.2, -0.15) is 0 Å². The molecule has 1 atom stereocenters. The van der Waals surface area contributed by atoms with Crippen LogP contribution in [0.15, 0.2) is 88.2 Å². The van der Waals surface area contributed by atoms with Gasteiger partial charge in [-0.05, 0) is 61.4 Å². The molecule has 3 rings (SSSR count). The first-order chi connectivity index (χ1) is 18.1. The first-order valence-electron chi connectivity index (χ1n) is 12.3. The Morgan fingerprint density at radius 2 is 1.68 bits per heavy atom. The van der Waals surface area contributed by atoms with Crippen molar-refractivity contribution in [2.45, 2.75) is 44.2 Å². The first-order valence-corrected chi connectivity index (χ1v) is 14.9. The van der Waals surface area contributed by atoms with Gasteiger partial charge in [0.05, 0.1) is 10.6 Å². The highest BCUT2D eigenvalue weighted by molar-refractivity contribution is 9.10. The topological polar surface area (TPSA) is 86.8 Å². The number of hydrogen-bond donors (Lipinski definition) is 1. The number of carbonyl (C=O) groups is 2. The number of sulfonamides is 1. The fourth-order valence-corrected chi connectivity index (χ4v) is 5.73. The number of nitrogens with one attached hydrogen (secondary N) is 1. The lowest BCUT2D eigenvalue weighted by Crippen LogP contribution is -2.51. The third-order valence-corrected chi connectivity index (χ3v) is 8.50. The Kier molecular flexibility index (Phi) is 10.8. The molecule has 0 radical (unpaired) electrons. The maximum atomic E-state index is 13.8. The van der Waals surface area contributed by atoms with Crippen LogP contribution in [0.1, 0.15) is 32.3 Å². The second-order valence-corrected chi connectivity index (χ2v) is 12.0. The molecule has 10 heteroatoms. The van der Waals surface area contributed by atoms with Crippen molar-refractivity contribution in [1.29, 1.82) is 0 Å². The number of nitrogens with zero attached hydrogens (tertiary/aromatic N) is 2. The smallest absolute Gasteiger partial charge is 0.264 e. The molecule has 202 valence electrons. The number of benzene rings is 3. The molecule has 38 heavy (non-hydrogen) atoms. The van der Waals surface area contributed by atoms with Crippen molar-refractivity contribution in [3.8, 4) is 0 Å². The quantitative estimate of drug-likeness (QED) is 0.266. The zero-order chi connectivity index (χ0) is 27.7. The number of amides is 2. The largest absolute Gasteiger partial charge is 0.354 e. The maximum absolute atomic E-state index is 13.8. The van der Waals surface area contributed by atoms with Gasteiger partial charge in [-0.15, -0.1) is 0 Å². The molecule has 0 aromatic heterocycles. The van der Waals surface area contributed by atoms with Crippen LogP contribution in [-0.4, -0.2) is 44.3 Å². The second-order valence-electron chi connectivity index (χ2n) is 8.77. The predicted octanol–water partition coefficient (Wildman–Crippen LogP) is 5.63. The van der Waals surface area contributed by atoms with Crippen LogP contribution in [-0.2, 0) is 26.2 Å². The van der Waals surface area contributed by atoms with Crippen molar-refractivity contribution in [2.75, 3.05) is 17.4 Å². The van der Waals surface area contributed by atoms with E-state index in [1.807, 2.05) is 6.92 Å². The molecule has 0 fully saturated rings. The summed E-state index contributed by atoms with van der Waals surface area (Å²) in [5.74, 6) is -0.821. The van der Waals surface area contributed by atoms with Gasteiger partial charge in [0.15, 0.2) is 0 Å². The highest BCUT2D eigenvalue weighted by Gasteiger charge is 2.32. The molecule has 0 spiro atoms. The summed E-state index contributed by atoms with van der Waals surface area (Å²) in [6, 6.07) is 20.8. The zero-order valence-electron chi connectivity index (χ0n) is 21.3. The Balaban J connectivity index is 1.98. The average Bonchev–Trinajstić information content (AvgIpc) is 2.91. The standard InChI is InChI=1S/C28H31BrClN3O4S/c1-3-4-17-31-28(35)21(2)32(19-22-13-15-24(30)16-14-22)27(34)20-33(25-10-8-9-23(29)18-25)38(36,37)26-11-6-5-7-12-26/h5-16,18,21H,3-4,17,19-20H2,1-2H3,(H,31,35)/t21-/m0/s1. The Morgan fingerprint density at radius 1 is 1.00 bits per heavy atom. The molecular weight excluding hydrogens is 590 g/mol. The molecule has 0 saturated heterocycles. The number of carbonyl (C=O) groups excluding carboxylic acids is 2. The summed E-state index contributed by atoms with van der Waals surface area (Å²) in [4.78, 5) is 28.3. The van der Waals surface area contributed by atoms with Crippen molar-refractivity contribution in [1.82, 2.24) is 10.2 Å². The maximum Gasteiger partial charge on any atom is 0.264 e. The van der Waals surface area contributed by atoms with E-state index in [-0.39, 0.29) is 17.3 Å². The van der Waals surface area contributed by atoms with Crippen LogP contribution in [0.3, 0.4) is 0 Å². The molecule has 3 aromatic rings. The molecule has 3 aromatic carbocycles. The lowest BCUT2D eigenvalue weighted by molar-refractivity contribution is -0.139. The normalized spacial score (nSPS) is 12.0. The van der Waals surface area contributed by atoms with E-state index < -0.39 is 28.5 Å². The van der Waals surface area contributed by atoms with Crippen LogP contribution in [0.25, 0.3) is 0 Å². The molecule has 2 amide bonds. The minimum Gasteiger partial charge on any atom is -0.354 e. The molecule has 0 aliphatic heterocycles. The Morgan fingerprint density at radius 3 is 2.32 bits per heavy atom. The second kappa shape index (κ2) is 13.8. The summed E-state index contributed by atoms with van der Waals surface area (Å²) in [7, 11) is -4.09. The van der Waals surface area contributed by atoms with Crippen molar-refractivity contribution in [2.24, 2.45) is 0 Å². The Hall–Kier alpha value is -2.88. The summed E-state index contributed by atoms with van der Waals surface area (Å²) in [6.45, 7) is 3.78. The van der Waals surface area contributed by atoms with Crippen LogP contribution in [0.2, 0.25) is 5.02 Å². The van der Waals surface area contributed by atoms with E-state index in [1.54, 1.807) is 73.7 Å². The Labute approximate surface area is 238 Å². The van der Waals surface area contributed by atoms with E-state index >= 15 is 0 Å². The highest BCUT2D eigenvalue weighted by Crippen LogP contribution is 2.27. The monoisotopic (exact) mass is 619 g/mol. The molecule has 0 aliphatic rings. The van der Waals surface area contributed by atoms with E-state index in [1.165, 1.54) is 17.0 Å². The molecule has 0 heterocycles. The lowest BCUT2D eigenvalue weighted by Gasteiger charge is -2.32. The van der Waals surface area contributed by atoms with Crippen LogP contribution < -0.4 is 9.62 Å². The van der Waals surface area contributed by atoms with Crippen LogP contribution in [0.5, 0.6) is 0 Å². The fraction of sp³-hybridized carbons (Fsp3) is 0.286. The van der Waals surface area contributed by atoms with Gasteiger partial charge < -0.3 is 10.2 Å². The summed E-state index contributed by atoms with van der Waals surface area (Å²) >= 11 is 9.42. The van der Waals surface area contributed by atoms with Crippen LogP contribution in [0, 0.1) is 0 Å². The molecule has 0 saturated carbocycles.